The molecule has 5 heteroatoms. The van der Waals surface area contributed by atoms with E-state index in [1.165, 1.54) is 12.1 Å². The van der Waals surface area contributed by atoms with Gasteiger partial charge in [0.1, 0.15) is 5.82 Å². The molecule has 1 saturated heterocycles. The molecule has 1 heterocycles. The number of likely N-dealkylation sites (tertiary alicyclic amines) is 1. The fourth-order valence-corrected chi connectivity index (χ4v) is 2.49. The molecule has 0 unspecified atom stereocenters. The lowest BCUT2D eigenvalue weighted by atomic mass is 10.0. The molecular formula is C16H24FN3O. The number of hydrogen-bond acceptors (Lipinski definition) is 3. The maximum atomic E-state index is 12.8. The Labute approximate surface area is 125 Å². The lowest BCUT2D eigenvalue weighted by Crippen LogP contribution is -2.45. The minimum atomic E-state index is -0.197. The number of piperidine rings is 1. The van der Waals surface area contributed by atoms with Crippen LogP contribution in [0, 0.1) is 5.82 Å². The highest BCUT2D eigenvalue weighted by Gasteiger charge is 2.20. The van der Waals surface area contributed by atoms with Gasteiger partial charge >= 0.3 is 0 Å². The second-order valence-electron chi connectivity index (χ2n) is 5.85. The van der Waals surface area contributed by atoms with Gasteiger partial charge in [0, 0.05) is 39.8 Å². The van der Waals surface area contributed by atoms with E-state index in [4.69, 9.17) is 0 Å². The van der Waals surface area contributed by atoms with E-state index in [0.717, 1.165) is 38.0 Å². The van der Waals surface area contributed by atoms with Gasteiger partial charge in [0.25, 0.3) is 0 Å². The highest BCUT2D eigenvalue weighted by Crippen LogP contribution is 2.11. The van der Waals surface area contributed by atoms with Gasteiger partial charge in [-0.1, -0.05) is 12.1 Å². The summed E-state index contributed by atoms with van der Waals surface area (Å²) in [5, 5.41) is 3.51. The average molecular weight is 293 g/mol. The zero-order valence-electron chi connectivity index (χ0n) is 12.8. The van der Waals surface area contributed by atoms with Crippen LogP contribution in [0.2, 0.25) is 0 Å². The Bertz CT molecular complexity index is 453. The molecule has 0 spiro atoms. The summed E-state index contributed by atoms with van der Waals surface area (Å²) >= 11 is 0. The van der Waals surface area contributed by atoms with Crippen molar-refractivity contribution in [2.24, 2.45) is 0 Å². The third kappa shape index (κ3) is 5.10. The summed E-state index contributed by atoms with van der Waals surface area (Å²) in [4.78, 5) is 15.5. The number of amides is 1. The molecule has 1 aliphatic rings. The molecule has 21 heavy (non-hydrogen) atoms. The van der Waals surface area contributed by atoms with E-state index in [1.54, 1.807) is 19.0 Å². The van der Waals surface area contributed by atoms with Crippen LogP contribution < -0.4 is 5.32 Å². The number of nitrogens with zero attached hydrogens (tertiary/aromatic N) is 2. The van der Waals surface area contributed by atoms with Crippen molar-refractivity contribution in [2.45, 2.75) is 25.4 Å². The maximum Gasteiger partial charge on any atom is 0.236 e. The predicted molar refractivity (Wildman–Crippen MR) is 81.4 cm³/mol. The molecule has 0 aliphatic carbocycles. The highest BCUT2D eigenvalue weighted by atomic mass is 19.1. The van der Waals surface area contributed by atoms with Gasteiger partial charge in [-0.2, -0.15) is 0 Å². The fraction of sp³-hybridized carbons (Fsp3) is 0.562. The van der Waals surface area contributed by atoms with E-state index in [1.807, 2.05) is 12.1 Å². The highest BCUT2D eigenvalue weighted by molar-refractivity contribution is 5.77. The second kappa shape index (κ2) is 7.52. The van der Waals surface area contributed by atoms with Crippen molar-refractivity contribution in [1.29, 1.82) is 0 Å². The van der Waals surface area contributed by atoms with Crippen molar-refractivity contribution in [3.63, 3.8) is 0 Å². The summed E-state index contributed by atoms with van der Waals surface area (Å²) in [5.41, 5.74) is 1.10. The number of halogens is 1. The molecule has 0 saturated carbocycles. The summed E-state index contributed by atoms with van der Waals surface area (Å²) in [6.45, 7) is 3.17. The summed E-state index contributed by atoms with van der Waals surface area (Å²) in [7, 11) is 3.58. The van der Waals surface area contributed by atoms with Crippen LogP contribution >= 0.6 is 0 Å². The average Bonchev–Trinajstić information content (AvgIpc) is 2.48. The number of nitrogens with one attached hydrogen (secondary N) is 1. The van der Waals surface area contributed by atoms with E-state index in [0.29, 0.717) is 12.6 Å². The zero-order chi connectivity index (χ0) is 15.2. The van der Waals surface area contributed by atoms with Crippen molar-refractivity contribution in [1.82, 2.24) is 15.1 Å². The summed E-state index contributed by atoms with van der Waals surface area (Å²) in [6, 6.07) is 7.08. The van der Waals surface area contributed by atoms with Gasteiger partial charge in [-0.15, -0.1) is 0 Å². The van der Waals surface area contributed by atoms with Crippen LogP contribution in [0.25, 0.3) is 0 Å². The quantitative estimate of drug-likeness (QED) is 0.893. The summed E-state index contributed by atoms with van der Waals surface area (Å²) in [5.74, 6) is -0.0367. The van der Waals surface area contributed by atoms with Crippen LogP contribution in [0.3, 0.4) is 0 Å². The topological polar surface area (TPSA) is 35.6 Å². The Hall–Kier alpha value is -1.46. The molecule has 0 radical (unpaired) electrons. The molecule has 116 valence electrons. The van der Waals surface area contributed by atoms with Crippen LogP contribution in [-0.2, 0) is 11.3 Å². The van der Waals surface area contributed by atoms with Crippen molar-refractivity contribution in [3.8, 4) is 0 Å². The van der Waals surface area contributed by atoms with Gasteiger partial charge in [0.2, 0.25) is 5.91 Å². The lowest BCUT2D eigenvalue weighted by molar-refractivity contribution is -0.130. The molecule has 1 N–H and O–H groups in total. The molecule has 0 atom stereocenters. The molecule has 4 nitrogen and oxygen atoms in total. The summed E-state index contributed by atoms with van der Waals surface area (Å²) in [6.07, 6.45) is 2.09. The summed E-state index contributed by atoms with van der Waals surface area (Å²) < 4.78 is 12.8. The second-order valence-corrected chi connectivity index (χ2v) is 5.85. The molecular weight excluding hydrogens is 269 g/mol. The van der Waals surface area contributed by atoms with E-state index >= 15 is 0 Å². The molecule has 1 aliphatic heterocycles. The molecule has 1 aromatic carbocycles. The first kappa shape index (κ1) is 15.9. The fourth-order valence-electron chi connectivity index (χ4n) is 2.49. The molecule has 1 amide bonds. The van der Waals surface area contributed by atoms with Crippen molar-refractivity contribution in [2.75, 3.05) is 33.7 Å². The SMILES string of the molecule is CN(C)C(=O)CN1CCC(NCc2ccc(F)cc2)CC1. The Morgan fingerprint density at radius 3 is 2.48 bits per heavy atom. The van der Waals surface area contributed by atoms with Crippen LogP contribution in [0.5, 0.6) is 0 Å². The van der Waals surface area contributed by atoms with E-state index in [2.05, 4.69) is 10.2 Å². The first-order valence-electron chi connectivity index (χ1n) is 7.45. The normalized spacial score (nSPS) is 16.9. The van der Waals surface area contributed by atoms with Crippen molar-refractivity contribution >= 4 is 5.91 Å². The van der Waals surface area contributed by atoms with Gasteiger partial charge in [-0.05, 0) is 30.5 Å². The number of likely N-dealkylation sites (N-methyl/N-ethyl adjacent to an activating group) is 1. The molecule has 1 aromatic rings. The molecule has 0 aromatic heterocycles. The number of carbonyl (C=O) groups excluding carboxylic acids is 1. The van der Waals surface area contributed by atoms with Crippen LogP contribution in [0.4, 0.5) is 4.39 Å². The van der Waals surface area contributed by atoms with E-state index in [-0.39, 0.29) is 11.7 Å². The first-order valence-corrected chi connectivity index (χ1v) is 7.45. The van der Waals surface area contributed by atoms with Gasteiger partial charge in [0.05, 0.1) is 6.54 Å². The monoisotopic (exact) mass is 293 g/mol. The van der Waals surface area contributed by atoms with Gasteiger partial charge in [0.15, 0.2) is 0 Å². The number of hydrogen-bond donors (Lipinski definition) is 1. The third-order valence-corrected chi connectivity index (χ3v) is 3.95. The Balaban J connectivity index is 1.69. The van der Waals surface area contributed by atoms with Gasteiger partial charge < -0.3 is 10.2 Å². The molecule has 2 rings (SSSR count). The Morgan fingerprint density at radius 1 is 1.29 bits per heavy atom. The van der Waals surface area contributed by atoms with Crippen LogP contribution in [-0.4, -0.2) is 55.5 Å². The zero-order valence-corrected chi connectivity index (χ0v) is 12.8. The van der Waals surface area contributed by atoms with Crippen LogP contribution in [0.1, 0.15) is 18.4 Å². The predicted octanol–water partition coefficient (Wildman–Crippen LogP) is 1.47. The van der Waals surface area contributed by atoms with Crippen LogP contribution in [0.15, 0.2) is 24.3 Å². The number of rotatable bonds is 5. The van der Waals surface area contributed by atoms with E-state index in [9.17, 15) is 9.18 Å². The van der Waals surface area contributed by atoms with Gasteiger partial charge in [-0.3, -0.25) is 9.69 Å². The van der Waals surface area contributed by atoms with Crippen molar-refractivity contribution in [3.05, 3.63) is 35.6 Å². The van der Waals surface area contributed by atoms with Crippen molar-refractivity contribution < 1.29 is 9.18 Å². The first-order chi connectivity index (χ1) is 10.0. The van der Waals surface area contributed by atoms with Gasteiger partial charge in [-0.25, -0.2) is 4.39 Å². The Morgan fingerprint density at radius 2 is 1.90 bits per heavy atom. The largest absolute Gasteiger partial charge is 0.348 e. The lowest BCUT2D eigenvalue weighted by Gasteiger charge is -2.32. The minimum absolute atomic E-state index is 0.160. The van der Waals surface area contributed by atoms with E-state index < -0.39 is 0 Å². The maximum absolute atomic E-state index is 12.8. The molecule has 1 fully saturated rings. The smallest absolute Gasteiger partial charge is 0.236 e. The third-order valence-electron chi connectivity index (χ3n) is 3.95. The number of carbonyl (C=O) groups is 1. The Kier molecular flexibility index (Phi) is 5.70. The minimum Gasteiger partial charge on any atom is -0.348 e. The standard InChI is InChI=1S/C16H24FN3O/c1-19(2)16(21)12-20-9-7-15(8-10-20)18-11-13-3-5-14(17)6-4-13/h3-6,15,18H,7-12H2,1-2H3. The molecule has 0 bridgehead atoms. The number of benzene rings is 1.